The van der Waals surface area contributed by atoms with E-state index in [0.717, 1.165) is 11.3 Å². The van der Waals surface area contributed by atoms with Gasteiger partial charge >= 0.3 is 0 Å². The van der Waals surface area contributed by atoms with E-state index >= 15 is 0 Å². The highest BCUT2D eigenvalue weighted by Crippen LogP contribution is 2.12. The van der Waals surface area contributed by atoms with Crippen molar-refractivity contribution in [1.82, 2.24) is 20.1 Å². The van der Waals surface area contributed by atoms with Crippen molar-refractivity contribution < 1.29 is 4.79 Å². The molecule has 0 bridgehead atoms. The minimum Gasteiger partial charge on any atom is -0.305 e. The molecule has 3 aromatic rings. The molecule has 0 spiro atoms. The predicted molar refractivity (Wildman–Crippen MR) is 102 cm³/mol. The van der Waals surface area contributed by atoms with Gasteiger partial charge in [0.05, 0.1) is 11.7 Å². The van der Waals surface area contributed by atoms with E-state index in [2.05, 4.69) is 41.4 Å². The van der Waals surface area contributed by atoms with Gasteiger partial charge in [-0.2, -0.15) is 5.10 Å². The van der Waals surface area contributed by atoms with Crippen molar-refractivity contribution in [3.8, 4) is 5.69 Å². The molecule has 1 heterocycles. The molecule has 0 unspecified atom stereocenters. The Balaban J connectivity index is 1.68. The number of rotatable bonds is 8. The van der Waals surface area contributed by atoms with Crippen LogP contribution in [0.4, 0.5) is 0 Å². The van der Waals surface area contributed by atoms with E-state index in [0.29, 0.717) is 12.8 Å². The van der Waals surface area contributed by atoms with Gasteiger partial charge in [0.15, 0.2) is 5.78 Å². The van der Waals surface area contributed by atoms with Gasteiger partial charge < -0.3 is 5.32 Å². The number of nitrogens with one attached hydrogen (secondary N) is 1. The number of carbonyl (C=O) groups is 1. The summed E-state index contributed by atoms with van der Waals surface area (Å²) in [4.78, 5) is 16.8. The van der Waals surface area contributed by atoms with Crippen LogP contribution in [-0.2, 0) is 17.6 Å². The number of aromatic nitrogens is 3. The van der Waals surface area contributed by atoms with Crippen LogP contribution in [0.1, 0.15) is 25.0 Å². The van der Waals surface area contributed by atoms with Crippen LogP contribution in [0.25, 0.3) is 5.69 Å². The average molecular weight is 348 g/mol. The maximum atomic E-state index is 12.9. The first kappa shape index (κ1) is 18.0. The Kier molecular flexibility index (Phi) is 5.92. The molecule has 5 nitrogen and oxygen atoms in total. The number of hydrogen-bond acceptors (Lipinski definition) is 4. The van der Waals surface area contributed by atoms with Crippen LogP contribution >= 0.6 is 0 Å². The zero-order valence-electron chi connectivity index (χ0n) is 15.2. The average Bonchev–Trinajstić information content (AvgIpc) is 3.17. The second-order valence-electron chi connectivity index (χ2n) is 6.71. The lowest BCUT2D eigenvalue weighted by Gasteiger charge is -2.20. The fourth-order valence-electron chi connectivity index (χ4n) is 2.95. The standard InChI is InChI=1S/C21H24N4O/c1-16(2)24-20(12-17-6-4-3-5-7-17)21(26)13-18-8-10-19(11-9-18)25-15-22-14-23-25/h3-11,14-16,20,24H,12-13H2,1-2H3/t20-/m0/s1. The van der Waals surface area contributed by atoms with Gasteiger partial charge in [-0.1, -0.05) is 56.3 Å². The van der Waals surface area contributed by atoms with Gasteiger partial charge in [0.1, 0.15) is 12.7 Å². The van der Waals surface area contributed by atoms with E-state index in [9.17, 15) is 4.79 Å². The number of nitrogens with zero attached hydrogens (tertiary/aromatic N) is 3. The molecule has 2 aromatic carbocycles. The highest BCUT2D eigenvalue weighted by atomic mass is 16.1. The van der Waals surface area contributed by atoms with Gasteiger partial charge in [0, 0.05) is 12.5 Å². The fourth-order valence-corrected chi connectivity index (χ4v) is 2.95. The molecular formula is C21H24N4O. The summed E-state index contributed by atoms with van der Waals surface area (Å²) >= 11 is 0. The van der Waals surface area contributed by atoms with Crippen LogP contribution in [0.2, 0.25) is 0 Å². The Morgan fingerprint density at radius 3 is 2.38 bits per heavy atom. The lowest BCUT2D eigenvalue weighted by molar-refractivity contribution is -0.120. The third-order valence-corrected chi connectivity index (χ3v) is 4.20. The van der Waals surface area contributed by atoms with Gasteiger partial charge in [-0.05, 0) is 29.7 Å². The van der Waals surface area contributed by atoms with Crippen molar-refractivity contribution in [3.05, 3.63) is 78.4 Å². The number of ketones is 1. The number of benzene rings is 2. The molecule has 0 aliphatic rings. The first-order valence-electron chi connectivity index (χ1n) is 8.88. The molecule has 0 amide bonds. The van der Waals surface area contributed by atoms with Crippen molar-refractivity contribution in [2.75, 3.05) is 0 Å². The third kappa shape index (κ3) is 4.86. The van der Waals surface area contributed by atoms with E-state index in [1.54, 1.807) is 11.0 Å². The Labute approximate surface area is 154 Å². The first-order valence-corrected chi connectivity index (χ1v) is 8.88. The molecule has 0 saturated heterocycles. The molecule has 1 N–H and O–H groups in total. The topological polar surface area (TPSA) is 59.8 Å². The highest BCUT2D eigenvalue weighted by molar-refractivity contribution is 5.86. The monoisotopic (exact) mass is 348 g/mol. The SMILES string of the molecule is CC(C)N[C@@H](Cc1ccccc1)C(=O)Cc1ccc(-n2cncn2)cc1. The Morgan fingerprint density at radius 2 is 1.77 bits per heavy atom. The summed E-state index contributed by atoms with van der Waals surface area (Å²) < 4.78 is 1.70. The molecule has 0 aliphatic heterocycles. The molecule has 26 heavy (non-hydrogen) atoms. The van der Waals surface area contributed by atoms with E-state index in [-0.39, 0.29) is 17.9 Å². The maximum Gasteiger partial charge on any atom is 0.154 e. The lowest BCUT2D eigenvalue weighted by atomic mass is 9.97. The maximum absolute atomic E-state index is 12.9. The number of Topliss-reactive ketones (excluding diaryl/α,β-unsaturated/α-hetero) is 1. The molecular weight excluding hydrogens is 324 g/mol. The van der Waals surface area contributed by atoms with E-state index in [1.165, 1.54) is 11.9 Å². The minimum atomic E-state index is -0.188. The summed E-state index contributed by atoms with van der Waals surface area (Å²) in [5.41, 5.74) is 3.10. The summed E-state index contributed by atoms with van der Waals surface area (Å²) in [6.45, 7) is 4.14. The minimum absolute atomic E-state index is 0.188. The van der Waals surface area contributed by atoms with Gasteiger partial charge in [-0.25, -0.2) is 9.67 Å². The highest BCUT2D eigenvalue weighted by Gasteiger charge is 2.19. The van der Waals surface area contributed by atoms with Gasteiger partial charge in [0.25, 0.3) is 0 Å². The van der Waals surface area contributed by atoms with Crippen LogP contribution < -0.4 is 5.32 Å². The molecule has 0 fully saturated rings. The molecule has 3 rings (SSSR count). The summed E-state index contributed by atoms with van der Waals surface area (Å²) in [5.74, 6) is 0.205. The van der Waals surface area contributed by atoms with Crippen molar-refractivity contribution in [2.45, 2.75) is 38.8 Å². The second-order valence-corrected chi connectivity index (χ2v) is 6.71. The quantitative estimate of drug-likeness (QED) is 0.680. The smallest absolute Gasteiger partial charge is 0.154 e. The van der Waals surface area contributed by atoms with Gasteiger partial charge in [-0.15, -0.1) is 0 Å². The molecule has 0 aliphatic carbocycles. The molecule has 134 valence electrons. The van der Waals surface area contributed by atoms with Crippen molar-refractivity contribution in [3.63, 3.8) is 0 Å². The molecule has 5 heteroatoms. The van der Waals surface area contributed by atoms with Crippen LogP contribution in [0.3, 0.4) is 0 Å². The molecule has 0 radical (unpaired) electrons. The van der Waals surface area contributed by atoms with Gasteiger partial charge in [-0.3, -0.25) is 4.79 Å². The summed E-state index contributed by atoms with van der Waals surface area (Å²) in [6.07, 6.45) is 4.27. The molecule has 1 atom stereocenters. The van der Waals surface area contributed by atoms with Crippen molar-refractivity contribution in [2.24, 2.45) is 0 Å². The Morgan fingerprint density at radius 1 is 1.04 bits per heavy atom. The zero-order valence-corrected chi connectivity index (χ0v) is 15.2. The first-order chi connectivity index (χ1) is 12.6. The summed E-state index contributed by atoms with van der Waals surface area (Å²) in [6, 6.07) is 18.1. The van der Waals surface area contributed by atoms with E-state index in [1.807, 2.05) is 42.5 Å². The molecule has 1 aromatic heterocycles. The normalized spacial score (nSPS) is 12.3. The lowest BCUT2D eigenvalue weighted by Crippen LogP contribution is -2.43. The van der Waals surface area contributed by atoms with Crippen molar-refractivity contribution in [1.29, 1.82) is 0 Å². The molecule has 0 saturated carbocycles. The number of carbonyl (C=O) groups excluding carboxylic acids is 1. The van der Waals surface area contributed by atoms with Crippen LogP contribution in [0.15, 0.2) is 67.3 Å². The third-order valence-electron chi connectivity index (χ3n) is 4.20. The Bertz CT molecular complexity index is 811. The van der Waals surface area contributed by atoms with Gasteiger partial charge in [0.2, 0.25) is 0 Å². The zero-order chi connectivity index (χ0) is 18.4. The van der Waals surface area contributed by atoms with Crippen LogP contribution in [0, 0.1) is 0 Å². The predicted octanol–water partition coefficient (Wildman–Crippen LogP) is 2.99. The van der Waals surface area contributed by atoms with Crippen LogP contribution in [0.5, 0.6) is 0 Å². The second kappa shape index (κ2) is 8.54. The van der Waals surface area contributed by atoms with Crippen molar-refractivity contribution >= 4 is 5.78 Å². The van der Waals surface area contributed by atoms with E-state index < -0.39 is 0 Å². The fraction of sp³-hybridized carbons (Fsp3) is 0.286. The van der Waals surface area contributed by atoms with E-state index in [4.69, 9.17) is 0 Å². The summed E-state index contributed by atoms with van der Waals surface area (Å²) in [5, 5.41) is 7.52. The Hall–Kier alpha value is -2.79. The number of hydrogen-bond donors (Lipinski definition) is 1. The van der Waals surface area contributed by atoms with Crippen LogP contribution in [-0.4, -0.2) is 32.6 Å². The summed E-state index contributed by atoms with van der Waals surface area (Å²) in [7, 11) is 0. The largest absolute Gasteiger partial charge is 0.305 e.